The average Bonchev–Trinajstić information content (AvgIpc) is 3.29. The minimum atomic E-state index is -1.15. The monoisotopic (exact) mass is 402 g/mol. The summed E-state index contributed by atoms with van der Waals surface area (Å²) in [5, 5.41) is 21.8. The Morgan fingerprint density at radius 3 is 2.62 bits per heavy atom. The normalized spacial score (nSPS) is 55.5. The minimum absolute atomic E-state index is 0.0221. The molecule has 158 valence electrons. The number of rotatable bonds is 1. The summed E-state index contributed by atoms with van der Waals surface area (Å²) >= 11 is 0. The molecule has 0 aromatic carbocycles. The third-order valence-corrected chi connectivity index (χ3v) is 10.1. The van der Waals surface area contributed by atoms with Crippen molar-refractivity contribution in [2.45, 2.75) is 82.0 Å². The first-order chi connectivity index (χ1) is 13.8. The van der Waals surface area contributed by atoms with Gasteiger partial charge in [-0.3, -0.25) is 4.79 Å². The average molecular weight is 402 g/mol. The topological polar surface area (TPSA) is 93.1 Å². The first-order valence-corrected chi connectivity index (χ1v) is 11.3. The molecule has 2 heterocycles. The largest absolute Gasteiger partial charge is 0.458 e. The number of hydrogen-bond donors (Lipinski definition) is 2. The summed E-state index contributed by atoms with van der Waals surface area (Å²) in [6.45, 7) is 2.71. The molecule has 4 saturated carbocycles. The number of hydrogen-bond acceptors (Lipinski definition) is 6. The Kier molecular flexibility index (Phi) is 3.45. The SMILES string of the molecule is CC12CCC3C4(CCC5(O)CC(O)CCC35C(=O)O4)C1CCC2C1=CC(=O)OC1. The predicted octanol–water partition coefficient (Wildman–Crippen LogP) is 2.26. The number of carbonyl (C=O) groups is 2. The zero-order chi connectivity index (χ0) is 20.2. The maximum atomic E-state index is 13.4. The van der Waals surface area contributed by atoms with Gasteiger partial charge in [-0.2, -0.15) is 0 Å². The molecule has 1 spiro atoms. The summed E-state index contributed by atoms with van der Waals surface area (Å²) < 4.78 is 11.6. The first-order valence-electron chi connectivity index (χ1n) is 11.3. The zero-order valence-electron chi connectivity index (χ0n) is 17.0. The van der Waals surface area contributed by atoms with Gasteiger partial charge in [0.25, 0.3) is 0 Å². The molecule has 2 bridgehead atoms. The molecule has 0 aromatic rings. The van der Waals surface area contributed by atoms with Gasteiger partial charge in [-0.15, -0.1) is 0 Å². The van der Waals surface area contributed by atoms with Gasteiger partial charge >= 0.3 is 11.9 Å². The van der Waals surface area contributed by atoms with Crippen LogP contribution in [-0.4, -0.2) is 46.1 Å². The molecule has 6 nitrogen and oxygen atoms in total. The number of ether oxygens (including phenoxy) is 2. The van der Waals surface area contributed by atoms with Crippen LogP contribution in [0.15, 0.2) is 11.6 Å². The van der Waals surface area contributed by atoms with E-state index in [4.69, 9.17) is 9.47 Å². The highest BCUT2D eigenvalue weighted by Crippen LogP contribution is 2.74. The molecule has 0 aromatic heterocycles. The van der Waals surface area contributed by atoms with E-state index in [0.717, 1.165) is 31.3 Å². The number of aliphatic hydroxyl groups is 2. The van der Waals surface area contributed by atoms with Crippen LogP contribution in [-0.2, 0) is 19.1 Å². The van der Waals surface area contributed by atoms with E-state index >= 15 is 0 Å². The van der Waals surface area contributed by atoms with Crippen molar-refractivity contribution in [2.75, 3.05) is 6.61 Å². The lowest BCUT2D eigenvalue weighted by atomic mass is 9.42. The molecule has 5 fully saturated rings. The number of esters is 2. The van der Waals surface area contributed by atoms with E-state index in [1.807, 2.05) is 0 Å². The Morgan fingerprint density at radius 2 is 1.86 bits per heavy atom. The van der Waals surface area contributed by atoms with Gasteiger partial charge in [-0.25, -0.2) is 4.79 Å². The van der Waals surface area contributed by atoms with Crippen LogP contribution < -0.4 is 0 Å². The summed E-state index contributed by atoms with van der Waals surface area (Å²) in [5.74, 6) is 0.101. The van der Waals surface area contributed by atoms with Crippen LogP contribution in [0.1, 0.15) is 64.7 Å². The van der Waals surface area contributed by atoms with Crippen molar-refractivity contribution in [1.82, 2.24) is 0 Å². The van der Waals surface area contributed by atoms with Crippen LogP contribution in [0, 0.1) is 28.6 Å². The fourth-order valence-corrected chi connectivity index (χ4v) is 8.96. The van der Waals surface area contributed by atoms with Crippen molar-refractivity contribution in [2.24, 2.45) is 28.6 Å². The van der Waals surface area contributed by atoms with Gasteiger partial charge in [0.1, 0.15) is 17.6 Å². The maximum Gasteiger partial charge on any atom is 0.331 e. The number of carbonyl (C=O) groups excluding carboxylic acids is 2. The predicted molar refractivity (Wildman–Crippen MR) is 101 cm³/mol. The van der Waals surface area contributed by atoms with Crippen LogP contribution in [0.2, 0.25) is 0 Å². The number of fused-ring (bicyclic) bond motifs is 1. The van der Waals surface area contributed by atoms with Gasteiger partial charge in [-0.05, 0) is 68.3 Å². The molecule has 6 rings (SSSR count). The van der Waals surface area contributed by atoms with Gasteiger partial charge < -0.3 is 19.7 Å². The van der Waals surface area contributed by atoms with Crippen molar-refractivity contribution in [3.05, 3.63) is 11.6 Å². The van der Waals surface area contributed by atoms with Crippen molar-refractivity contribution in [1.29, 1.82) is 0 Å². The van der Waals surface area contributed by atoms with Gasteiger partial charge in [0.05, 0.1) is 11.7 Å². The lowest BCUT2D eigenvalue weighted by molar-refractivity contribution is -0.214. The second-order valence-corrected chi connectivity index (χ2v) is 10.9. The number of aliphatic hydroxyl groups excluding tert-OH is 1. The Bertz CT molecular complexity index is 835. The lowest BCUT2D eigenvalue weighted by Gasteiger charge is -2.61. The third-order valence-electron chi connectivity index (χ3n) is 10.1. The van der Waals surface area contributed by atoms with Gasteiger partial charge in [-0.1, -0.05) is 6.92 Å². The summed E-state index contributed by atoms with van der Waals surface area (Å²) in [6, 6.07) is 0. The van der Waals surface area contributed by atoms with E-state index in [9.17, 15) is 19.8 Å². The van der Waals surface area contributed by atoms with Crippen molar-refractivity contribution >= 4 is 11.9 Å². The van der Waals surface area contributed by atoms with Crippen molar-refractivity contribution in [3.8, 4) is 0 Å². The standard InChI is InChI=1S/C23H30O6/c1-20-6-5-17-22-7-4-14(24)11-21(22,27)8-9-23(17,29-19(22)26)16(20)3-2-15(20)13-10-18(25)28-12-13/h10,14-17,24,27H,2-9,11-12H2,1H3. The van der Waals surface area contributed by atoms with Crippen LogP contribution in [0.4, 0.5) is 0 Å². The fourth-order valence-electron chi connectivity index (χ4n) is 8.96. The Balaban J connectivity index is 1.41. The molecule has 4 aliphatic carbocycles. The smallest absolute Gasteiger partial charge is 0.331 e. The highest BCUT2D eigenvalue weighted by molar-refractivity contribution is 5.85. The summed E-state index contributed by atoms with van der Waals surface area (Å²) in [6.07, 6.45) is 7.49. The van der Waals surface area contributed by atoms with E-state index in [1.54, 1.807) is 6.08 Å². The van der Waals surface area contributed by atoms with Crippen LogP contribution >= 0.6 is 0 Å². The van der Waals surface area contributed by atoms with Crippen molar-refractivity contribution in [3.63, 3.8) is 0 Å². The summed E-state index contributed by atoms with van der Waals surface area (Å²) in [4.78, 5) is 25.1. The zero-order valence-corrected chi connectivity index (χ0v) is 17.0. The first kappa shape index (κ1) is 18.4. The lowest BCUT2D eigenvalue weighted by Crippen LogP contribution is -2.67. The quantitative estimate of drug-likeness (QED) is 0.654. The highest BCUT2D eigenvalue weighted by atomic mass is 16.6. The molecule has 2 aliphatic heterocycles. The second kappa shape index (κ2) is 5.44. The Hall–Kier alpha value is -1.40. The molecular formula is C23H30O6. The van der Waals surface area contributed by atoms with Crippen LogP contribution in [0.25, 0.3) is 0 Å². The molecule has 8 unspecified atom stereocenters. The molecule has 29 heavy (non-hydrogen) atoms. The molecule has 0 amide bonds. The molecule has 6 heteroatoms. The summed E-state index contributed by atoms with van der Waals surface area (Å²) in [5.41, 5.74) is -1.42. The van der Waals surface area contributed by atoms with Gasteiger partial charge in [0, 0.05) is 24.3 Å². The second-order valence-electron chi connectivity index (χ2n) is 10.9. The third kappa shape index (κ3) is 1.96. The maximum absolute atomic E-state index is 13.4. The van der Waals surface area contributed by atoms with Crippen LogP contribution in [0.3, 0.4) is 0 Å². The number of cyclic esters (lactones) is 1. The van der Waals surface area contributed by atoms with Gasteiger partial charge in [0.15, 0.2) is 0 Å². The molecule has 2 N–H and O–H groups in total. The van der Waals surface area contributed by atoms with E-state index < -0.39 is 22.7 Å². The highest BCUT2D eigenvalue weighted by Gasteiger charge is 2.80. The Labute approximate surface area is 170 Å². The molecule has 6 aliphatic rings. The van der Waals surface area contributed by atoms with Crippen LogP contribution in [0.5, 0.6) is 0 Å². The van der Waals surface area contributed by atoms with E-state index in [0.29, 0.717) is 38.2 Å². The van der Waals surface area contributed by atoms with E-state index in [2.05, 4.69) is 6.92 Å². The van der Waals surface area contributed by atoms with Gasteiger partial charge in [0.2, 0.25) is 0 Å². The summed E-state index contributed by atoms with van der Waals surface area (Å²) in [7, 11) is 0. The fraction of sp³-hybridized carbons (Fsp3) is 0.826. The van der Waals surface area contributed by atoms with E-state index in [1.165, 1.54) is 0 Å². The molecule has 0 radical (unpaired) electrons. The van der Waals surface area contributed by atoms with Crippen molar-refractivity contribution < 1.29 is 29.3 Å². The Morgan fingerprint density at radius 1 is 1.03 bits per heavy atom. The minimum Gasteiger partial charge on any atom is -0.458 e. The van der Waals surface area contributed by atoms with E-state index in [-0.39, 0.29) is 35.6 Å². The molecular weight excluding hydrogens is 372 g/mol. The molecule has 8 atom stereocenters. The molecule has 1 saturated heterocycles.